The maximum absolute atomic E-state index is 7.26. The highest BCUT2D eigenvalue weighted by Gasteiger charge is 2.03. The fourth-order valence-electron chi connectivity index (χ4n) is 3.44. The van der Waals surface area contributed by atoms with Crippen LogP contribution in [0.2, 0.25) is 0 Å². The third-order valence-electron chi connectivity index (χ3n) is 4.95. The van der Waals surface area contributed by atoms with Crippen LogP contribution in [-0.2, 0) is 6.42 Å². The van der Waals surface area contributed by atoms with Crippen molar-refractivity contribution in [2.24, 2.45) is 0 Å². The summed E-state index contributed by atoms with van der Waals surface area (Å²) < 4.78 is 0. The third-order valence-corrected chi connectivity index (χ3v) is 4.95. The molecular weight excluding hydrogens is 340 g/mol. The van der Waals surface area contributed by atoms with Gasteiger partial charge in [-0.2, -0.15) is 10.5 Å². The van der Waals surface area contributed by atoms with Crippen LogP contribution >= 0.6 is 0 Å². The van der Waals surface area contributed by atoms with Crippen molar-refractivity contribution in [1.29, 1.82) is 10.5 Å². The van der Waals surface area contributed by atoms with Crippen molar-refractivity contribution in [3.63, 3.8) is 0 Å². The zero-order chi connectivity index (χ0) is 20.3. The maximum Gasteiger partial charge on any atom is 0.181 e. The Kier molecular flexibility index (Phi) is 13.9. The summed E-state index contributed by atoms with van der Waals surface area (Å²) in [4.78, 5) is 0. The Morgan fingerprint density at radius 2 is 1.11 bits per heavy atom. The smallest absolute Gasteiger partial charge is 0.181 e. The number of nitrogens with zero attached hydrogens (tertiary/aromatic N) is 2. The molecule has 2 aromatic rings. The topological polar surface area (TPSA) is 47.6 Å². The van der Waals surface area contributed by atoms with Crippen LogP contribution in [0.1, 0.15) is 76.7 Å². The van der Waals surface area contributed by atoms with Crippen LogP contribution in [-0.4, -0.2) is 0 Å². The molecule has 148 valence electrons. The third kappa shape index (κ3) is 10.5. The molecule has 0 aliphatic heterocycles. The number of aryl methyl sites for hydroxylation is 1. The van der Waals surface area contributed by atoms with Gasteiger partial charge in [0, 0.05) is 0 Å². The van der Waals surface area contributed by atoms with Gasteiger partial charge in [-0.25, -0.2) is 0 Å². The fourth-order valence-corrected chi connectivity index (χ4v) is 3.44. The second kappa shape index (κ2) is 16.6. The summed E-state index contributed by atoms with van der Waals surface area (Å²) in [6, 6.07) is 22.2. The van der Waals surface area contributed by atoms with Crippen LogP contribution in [0.3, 0.4) is 0 Å². The fraction of sp³-hybridized carbons (Fsp3) is 0.462. The van der Waals surface area contributed by atoms with Crippen molar-refractivity contribution in [2.75, 3.05) is 0 Å². The van der Waals surface area contributed by atoms with E-state index >= 15 is 0 Å². The summed E-state index contributed by atoms with van der Waals surface area (Å²) in [7, 11) is 0. The first kappa shape index (κ1) is 23.5. The van der Waals surface area contributed by atoms with E-state index in [4.69, 9.17) is 10.5 Å². The van der Waals surface area contributed by atoms with Crippen LogP contribution in [0.15, 0.2) is 54.6 Å². The van der Waals surface area contributed by atoms with E-state index in [0.717, 1.165) is 0 Å². The Hall–Kier alpha value is -2.58. The molecule has 0 aliphatic rings. The minimum absolute atomic E-state index is 1.21. The molecule has 0 N–H and O–H groups in total. The molecule has 2 rings (SSSR count). The Balaban J connectivity index is 0.000000892. The van der Waals surface area contributed by atoms with Gasteiger partial charge >= 0.3 is 0 Å². The predicted molar refractivity (Wildman–Crippen MR) is 119 cm³/mol. The van der Waals surface area contributed by atoms with Crippen LogP contribution < -0.4 is 0 Å². The van der Waals surface area contributed by atoms with Crippen molar-refractivity contribution < 1.29 is 0 Å². The molecule has 0 unspecified atom stereocenters. The van der Waals surface area contributed by atoms with E-state index < -0.39 is 0 Å². The number of hydrogen-bond donors (Lipinski definition) is 0. The van der Waals surface area contributed by atoms with Gasteiger partial charge in [0.15, 0.2) is 12.1 Å². The van der Waals surface area contributed by atoms with Gasteiger partial charge in [0.1, 0.15) is 0 Å². The molecule has 0 saturated carbocycles. The molecule has 0 saturated heterocycles. The Bertz CT molecular complexity index is 695. The Morgan fingerprint density at radius 3 is 1.68 bits per heavy atom. The lowest BCUT2D eigenvalue weighted by Gasteiger charge is -2.09. The zero-order valence-electron chi connectivity index (χ0n) is 17.4. The number of hydrogen-bond acceptors (Lipinski definition) is 2. The quantitative estimate of drug-likeness (QED) is 0.355. The molecule has 0 atom stereocenters. The van der Waals surface area contributed by atoms with Gasteiger partial charge in [-0.1, -0.05) is 119 Å². The van der Waals surface area contributed by atoms with Crippen LogP contribution in [0, 0.1) is 22.7 Å². The van der Waals surface area contributed by atoms with E-state index in [2.05, 4.69) is 61.5 Å². The van der Waals surface area contributed by atoms with Crippen molar-refractivity contribution in [3.05, 3.63) is 60.2 Å². The minimum Gasteiger partial charge on any atom is -0.181 e. The highest BCUT2D eigenvalue weighted by atomic mass is 14.3. The summed E-state index contributed by atoms with van der Waals surface area (Å²) >= 11 is 0. The number of rotatable bonds is 12. The maximum atomic E-state index is 7.26. The monoisotopic (exact) mass is 374 g/mol. The number of unbranched alkanes of at least 4 members (excludes halogenated alkanes) is 9. The van der Waals surface area contributed by atoms with Gasteiger partial charge in [-0.05, 0) is 29.5 Å². The van der Waals surface area contributed by atoms with E-state index in [9.17, 15) is 0 Å². The standard InChI is InChI=1S/C24H34.C2N2/c1-2-3-4-5-6-7-8-9-10-12-17-23-20-15-16-21-24(23)22-18-13-11-14-19-22;3-1-2-4/h11,13-16,18-21H,2-10,12,17H2,1H3;. The van der Waals surface area contributed by atoms with Crippen LogP contribution in [0.25, 0.3) is 11.1 Å². The highest BCUT2D eigenvalue weighted by molar-refractivity contribution is 5.67. The second-order valence-electron chi connectivity index (χ2n) is 7.18. The van der Waals surface area contributed by atoms with Gasteiger partial charge in [0.05, 0.1) is 0 Å². The first-order valence-electron chi connectivity index (χ1n) is 10.7. The first-order valence-corrected chi connectivity index (χ1v) is 10.7. The average Bonchev–Trinajstić information content (AvgIpc) is 2.76. The van der Waals surface area contributed by atoms with E-state index in [1.165, 1.54) is 99.5 Å². The molecule has 0 fully saturated rings. The predicted octanol–water partition coefficient (Wildman–Crippen LogP) is 7.85. The molecule has 2 aromatic carbocycles. The zero-order valence-corrected chi connectivity index (χ0v) is 17.4. The lowest BCUT2D eigenvalue weighted by molar-refractivity contribution is 0.556. The van der Waals surface area contributed by atoms with Gasteiger partial charge in [-0.3, -0.25) is 0 Å². The Labute approximate surface area is 171 Å². The minimum atomic E-state index is 1.21. The normalized spacial score (nSPS) is 9.68. The summed E-state index contributed by atoms with van der Waals surface area (Å²) in [5.74, 6) is 0. The van der Waals surface area contributed by atoms with E-state index in [-0.39, 0.29) is 0 Å². The van der Waals surface area contributed by atoms with Gasteiger partial charge in [0.2, 0.25) is 0 Å². The molecule has 0 radical (unpaired) electrons. The SMILES string of the molecule is CCCCCCCCCCCCc1ccccc1-c1ccccc1.N#CC#N. The van der Waals surface area contributed by atoms with Crippen molar-refractivity contribution in [2.45, 2.75) is 77.6 Å². The van der Waals surface area contributed by atoms with Gasteiger partial charge in [-0.15, -0.1) is 0 Å². The summed E-state index contributed by atoms with van der Waals surface area (Å²) in [6.45, 7) is 2.29. The molecule has 0 aromatic heterocycles. The van der Waals surface area contributed by atoms with E-state index in [1.807, 2.05) is 0 Å². The van der Waals surface area contributed by atoms with Crippen LogP contribution in [0.5, 0.6) is 0 Å². The van der Waals surface area contributed by atoms with Gasteiger partial charge in [0.25, 0.3) is 0 Å². The molecule has 0 heterocycles. The molecule has 0 aliphatic carbocycles. The van der Waals surface area contributed by atoms with Crippen LogP contribution in [0.4, 0.5) is 0 Å². The molecule has 2 heteroatoms. The largest absolute Gasteiger partial charge is 0.181 e. The lowest BCUT2D eigenvalue weighted by Crippen LogP contribution is -1.91. The van der Waals surface area contributed by atoms with Crippen molar-refractivity contribution >= 4 is 0 Å². The molecule has 0 bridgehead atoms. The summed E-state index contributed by atoms with van der Waals surface area (Å²) in [5.41, 5.74) is 4.26. The molecular formula is C26H34N2. The van der Waals surface area contributed by atoms with E-state index in [0.29, 0.717) is 0 Å². The highest BCUT2D eigenvalue weighted by Crippen LogP contribution is 2.25. The number of benzene rings is 2. The lowest BCUT2D eigenvalue weighted by atomic mass is 9.95. The molecule has 0 amide bonds. The molecule has 2 nitrogen and oxygen atoms in total. The first-order chi connectivity index (χ1) is 13.8. The summed E-state index contributed by atoms with van der Waals surface area (Å²) in [6.07, 6.45) is 15.3. The van der Waals surface area contributed by atoms with Crippen molar-refractivity contribution in [1.82, 2.24) is 0 Å². The van der Waals surface area contributed by atoms with Crippen molar-refractivity contribution in [3.8, 4) is 23.3 Å². The molecule has 0 spiro atoms. The number of nitriles is 2. The van der Waals surface area contributed by atoms with E-state index in [1.54, 1.807) is 0 Å². The summed E-state index contributed by atoms with van der Waals surface area (Å²) in [5, 5.41) is 14.5. The average molecular weight is 375 g/mol. The molecule has 28 heavy (non-hydrogen) atoms. The Morgan fingerprint density at radius 1 is 0.607 bits per heavy atom. The second-order valence-corrected chi connectivity index (χ2v) is 7.18. The van der Waals surface area contributed by atoms with Gasteiger partial charge < -0.3 is 0 Å².